The standard InChI is InChI=1S/C18H8BrClFNO2/c19-13-8-9(4-7-15(13)21)22-17(23)11-3-1-2-10-14(20)6-5-12(16(10)11)18(22)24/h1-8H. The summed E-state index contributed by atoms with van der Waals surface area (Å²) in [5.41, 5.74) is 1.09. The Morgan fingerprint density at radius 2 is 1.67 bits per heavy atom. The van der Waals surface area contributed by atoms with Crippen LogP contribution in [0.3, 0.4) is 0 Å². The minimum absolute atomic E-state index is 0.181. The number of hydrogen-bond donors (Lipinski definition) is 0. The van der Waals surface area contributed by atoms with E-state index in [-0.39, 0.29) is 4.47 Å². The maximum absolute atomic E-state index is 13.5. The van der Waals surface area contributed by atoms with Gasteiger partial charge in [-0.1, -0.05) is 23.7 Å². The predicted octanol–water partition coefficient (Wildman–Crippen LogP) is 5.20. The highest BCUT2D eigenvalue weighted by atomic mass is 79.9. The molecule has 0 bridgehead atoms. The van der Waals surface area contributed by atoms with Crippen LogP contribution in [0.1, 0.15) is 20.7 Å². The van der Waals surface area contributed by atoms with E-state index >= 15 is 0 Å². The molecule has 1 heterocycles. The average molecular weight is 405 g/mol. The molecule has 0 spiro atoms. The molecule has 1 aliphatic heterocycles. The van der Waals surface area contributed by atoms with Crippen LogP contribution >= 0.6 is 27.5 Å². The van der Waals surface area contributed by atoms with E-state index in [2.05, 4.69) is 15.9 Å². The molecule has 0 saturated heterocycles. The van der Waals surface area contributed by atoms with Crippen molar-refractivity contribution in [2.45, 2.75) is 0 Å². The van der Waals surface area contributed by atoms with E-state index in [0.717, 1.165) is 4.90 Å². The van der Waals surface area contributed by atoms with Gasteiger partial charge in [0.1, 0.15) is 5.82 Å². The predicted molar refractivity (Wildman–Crippen MR) is 94.2 cm³/mol. The summed E-state index contributed by atoms with van der Waals surface area (Å²) in [6.07, 6.45) is 0. The second kappa shape index (κ2) is 5.40. The zero-order valence-corrected chi connectivity index (χ0v) is 14.4. The van der Waals surface area contributed by atoms with E-state index in [1.165, 1.54) is 18.2 Å². The van der Waals surface area contributed by atoms with Crippen molar-refractivity contribution in [3.8, 4) is 0 Å². The number of amides is 2. The van der Waals surface area contributed by atoms with Crippen molar-refractivity contribution in [1.29, 1.82) is 0 Å². The van der Waals surface area contributed by atoms with Crippen LogP contribution in [0.25, 0.3) is 10.8 Å². The molecule has 0 aromatic heterocycles. The minimum Gasteiger partial charge on any atom is -0.268 e. The van der Waals surface area contributed by atoms with Gasteiger partial charge in [-0.05, 0) is 52.3 Å². The molecule has 0 N–H and O–H groups in total. The van der Waals surface area contributed by atoms with Gasteiger partial charge in [0.05, 0.1) is 10.2 Å². The molecule has 0 unspecified atom stereocenters. The zero-order chi connectivity index (χ0) is 17.0. The van der Waals surface area contributed by atoms with Gasteiger partial charge in [0.2, 0.25) is 0 Å². The van der Waals surface area contributed by atoms with E-state index in [1.54, 1.807) is 30.3 Å². The van der Waals surface area contributed by atoms with Crippen molar-refractivity contribution < 1.29 is 14.0 Å². The Hall–Kier alpha value is -2.24. The summed E-state index contributed by atoms with van der Waals surface area (Å²) in [6, 6.07) is 12.4. The molecule has 0 saturated carbocycles. The van der Waals surface area contributed by atoms with E-state index < -0.39 is 17.6 Å². The lowest BCUT2D eigenvalue weighted by molar-refractivity contribution is 0.0893. The highest BCUT2D eigenvalue weighted by molar-refractivity contribution is 9.10. The molecular formula is C18H8BrClFNO2. The molecule has 6 heteroatoms. The molecule has 0 radical (unpaired) electrons. The largest absolute Gasteiger partial charge is 0.268 e. The van der Waals surface area contributed by atoms with Crippen LogP contribution in [-0.4, -0.2) is 11.8 Å². The number of halogens is 3. The number of anilines is 1. The highest BCUT2D eigenvalue weighted by Gasteiger charge is 2.34. The summed E-state index contributed by atoms with van der Waals surface area (Å²) in [4.78, 5) is 26.8. The van der Waals surface area contributed by atoms with Crippen molar-refractivity contribution in [2.24, 2.45) is 0 Å². The summed E-state index contributed by atoms with van der Waals surface area (Å²) >= 11 is 9.27. The van der Waals surface area contributed by atoms with Gasteiger partial charge >= 0.3 is 0 Å². The van der Waals surface area contributed by atoms with Crippen LogP contribution in [0.15, 0.2) is 53.0 Å². The molecule has 4 rings (SSSR count). The van der Waals surface area contributed by atoms with Crippen molar-refractivity contribution in [2.75, 3.05) is 4.90 Å². The van der Waals surface area contributed by atoms with E-state index in [4.69, 9.17) is 11.6 Å². The SMILES string of the molecule is O=C1c2cccc3c(Cl)ccc(c23)C(=O)N1c1ccc(F)c(Br)c1. The quantitative estimate of drug-likeness (QED) is 0.523. The van der Waals surface area contributed by atoms with Gasteiger partial charge in [0.25, 0.3) is 11.8 Å². The lowest BCUT2D eigenvalue weighted by atomic mass is 9.93. The average Bonchev–Trinajstić information content (AvgIpc) is 2.57. The van der Waals surface area contributed by atoms with Crippen LogP contribution in [0.5, 0.6) is 0 Å². The summed E-state index contributed by atoms with van der Waals surface area (Å²) in [7, 11) is 0. The first kappa shape index (κ1) is 15.3. The highest BCUT2D eigenvalue weighted by Crippen LogP contribution is 2.36. The van der Waals surface area contributed by atoms with Crippen LogP contribution in [0.2, 0.25) is 5.02 Å². The normalized spacial score (nSPS) is 13.7. The Balaban J connectivity index is 1.98. The molecule has 1 aliphatic rings. The maximum atomic E-state index is 13.5. The number of benzene rings is 3. The van der Waals surface area contributed by atoms with Gasteiger partial charge in [-0.2, -0.15) is 0 Å². The summed E-state index contributed by atoms with van der Waals surface area (Å²) < 4.78 is 13.7. The van der Waals surface area contributed by atoms with E-state index in [9.17, 15) is 14.0 Å². The first-order valence-electron chi connectivity index (χ1n) is 7.04. The third kappa shape index (κ3) is 2.08. The molecule has 118 valence electrons. The fraction of sp³-hybridized carbons (Fsp3) is 0. The number of hydrogen-bond acceptors (Lipinski definition) is 2. The number of nitrogens with zero attached hydrogens (tertiary/aromatic N) is 1. The molecular weight excluding hydrogens is 397 g/mol. The Kier molecular flexibility index (Phi) is 3.44. The van der Waals surface area contributed by atoms with Crippen molar-refractivity contribution >= 4 is 55.8 Å². The van der Waals surface area contributed by atoms with Crippen LogP contribution in [0.4, 0.5) is 10.1 Å². The lowest BCUT2D eigenvalue weighted by Crippen LogP contribution is -2.40. The van der Waals surface area contributed by atoms with Crippen molar-refractivity contribution in [3.05, 3.63) is 75.0 Å². The number of rotatable bonds is 1. The fourth-order valence-corrected chi connectivity index (χ4v) is 3.51. The maximum Gasteiger partial charge on any atom is 0.265 e. The van der Waals surface area contributed by atoms with Gasteiger partial charge in [0, 0.05) is 26.9 Å². The molecule has 3 nitrogen and oxygen atoms in total. The minimum atomic E-state index is -0.468. The topological polar surface area (TPSA) is 37.4 Å². The smallest absolute Gasteiger partial charge is 0.265 e. The first-order chi connectivity index (χ1) is 11.5. The van der Waals surface area contributed by atoms with E-state index in [1.807, 2.05) is 0 Å². The number of carbonyl (C=O) groups is 2. The molecule has 3 aromatic rings. The number of imide groups is 1. The van der Waals surface area contributed by atoms with Crippen molar-refractivity contribution in [3.63, 3.8) is 0 Å². The van der Waals surface area contributed by atoms with Gasteiger partial charge in [0.15, 0.2) is 0 Å². The van der Waals surface area contributed by atoms with Crippen LogP contribution in [0, 0.1) is 5.82 Å². The summed E-state index contributed by atoms with van der Waals surface area (Å²) in [5, 5.41) is 1.69. The third-order valence-corrected chi connectivity index (χ3v) is 4.95. The molecule has 3 aromatic carbocycles. The third-order valence-electron chi connectivity index (χ3n) is 4.02. The van der Waals surface area contributed by atoms with Gasteiger partial charge in [-0.3, -0.25) is 9.59 Å². The fourth-order valence-electron chi connectivity index (χ4n) is 2.92. The summed E-state index contributed by atoms with van der Waals surface area (Å²) in [6.45, 7) is 0. The lowest BCUT2D eigenvalue weighted by Gasteiger charge is -2.27. The Labute approximate surface area is 149 Å². The first-order valence-corrected chi connectivity index (χ1v) is 8.21. The van der Waals surface area contributed by atoms with Gasteiger partial charge < -0.3 is 0 Å². The van der Waals surface area contributed by atoms with Crippen molar-refractivity contribution in [1.82, 2.24) is 0 Å². The summed E-state index contributed by atoms with van der Waals surface area (Å²) in [5.74, 6) is -1.39. The van der Waals surface area contributed by atoms with Crippen LogP contribution < -0.4 is 4.90 Å². The van der Waals surface area contributed by atoms with E-state index in [0.29, 0.717) is 32.6 Å². The second-order valence-electron chi connectivity index (χ2n) is 5.37. The monoisotopic (exact) mass is 403 g/mol. The van der Waals surface area contributed by atoms with Gasteiger partial charge in [-0.25, -0.2) is 9.29 Å². The molecule has 24 heavy (non-hydrogen) atoms. The molecule has 2 amide bonds. The molecule has 0 fully saturated rings. The molecule has 0 atom stereocenters. The van der Waals surface area contributed by atoms with Gasteiger partial charge in [-0.15, -0.1) is 0 Å². The Morgan fingerprint density at radius 1 is 0.958 bits per heavy atom. The zero-order valence-electron chi connectivity index (χ0n) is 12.0. The Morgan fingerprint density at radius 3 is 2.38 bits per heavy atom. The number of carbonyl (C=O) groups excluding carboxylic acids is 2. The Bertz CT molecular complexity index is 1030. The molecule has 0 aliphatic carbocycles. The second-order valence-corrected chi connectivity index (χ2v) is 6.63. The van der Waals surface area contributed by atoms with Crippen LogP contribution in [-0.2, 0) is 0 Å².